The van der Waals surface area contributed by atoms with Crippen LogP contribution in [0.25, 0.3) is 0 Å². The molecule has 16 heavy (non-hydrogen) atoms. The Hall–Kier alpha value is -0.900. The molecule has 0 saturated heterocycles. The van der Waals surface area contributed by atoms with Gasteiger partial charge in [-0.25, -0.2) is 9.67 Å². The van der Waals surface area contributed by atoms with E-state index in [9.17, 15) is 0 Å². The molecule has 0 spiro atoms. The molecule has 1 unspecified atom stereocenters. The highest BCUT2D eigenvalue weighted by molar-refractivity contribution is 4.94. The summed E-state index contributed by atoms with van der Waals surface area (Å²) < 4.78 is 2.02. The second kappa shape index (κ2) is 5.43. The third-order valence-electron chi connectivity index (χ3n) is 3.18. The number of nitrogens with zero attached hydrogens (tertiary/aromatic N) is 3. The van der Waals surface area contributed by atoms with Gasteiger partial charge in [0.05, 0.1) is 0 Å². The van der Waals surface area contributed by atoms with Gasteiger partial charge in [0.25, 0.3) is 0 Å². The maximum atomic E-state index is 4.38. The first-order chi connectivity index (χ1) is 7.52. The van der Waals surface area contributed by atoms with Crippen LogP contribution < -0.4 is 5.32 Å². The Bertz CT molecular complexity index is 319. The molecule has 0 aromatic carbocycles. The van der Waals surface area contributed by atoms with Crippen molar-refractivity contribution in [3.8, 4) is 0 Å². The Morgan fingerprint density at radius 2 is 2.19 bits per heavy atom. The summed E-state index contributed by atoms with van der Waals surface area (Å²) in [7, 11) is 2.00. The smallest absolute Gasteiger partial charge is 0.138 e. The molecule has 0 aliphatic carbocycles. The van der Waals surface area contributed by atoms with E-state index < -0.39 is 0 Å². The lowest BCUT2D eigenvalue weighted by atomic mass is 9.83. The van der Waals surface area contributed by atoms with E-state index in [1.54, 1.807) is 6.33 Å². The topological polar surface area (TPSA) is 42.7 Å². The largest absolute Gasteiger partial charge is 0.319 e. The molecule has 1 rings (SSSR count). The standard InChI is InChI=1S/C12H24N4/c1-6-12(4,8-13-5)7-11-14-9-15-16(11)10(2)3/h9-10,13H,6-8H2,1-5H3. The predicted molar refractivity (Wildman–Crippen MR) is 66.4 cm³/mol. The van der Waals surface area contributed by atoms with Gasteiger partial charge < -0.3 is 5.32 Å². The third-order valence-corrected chi connectivity index (χ3v) is 3.18. The van der Waals surface area contributed by atoms with Crippen molar-refractivity contribution in [3.63, 3.8) is 0 Å². The minimum atomic E-state index is 0.258. The lowest BCUT2D eigenvalue weighted by Gasteiger charge is -2.27. The molecule has 1 N–H and O–H groups in total. The molecule has 0 bridgehead atoms. The highest BCUT2D eigenvalue weighted by Crippen LogP contribution is 2.25. The Labute approximate surface area is 98.5 Å². The molecule has 0 aliphatic heterocycles. The van der Waals surface area contributed by atoms with Crippen LogP contribution in [0, 0.1) is 5.41 Å². The molecule has 1 atom stereocenters. The van der Waals surface area contributed by atoms with E-state index in [0.29, 0.717) is 6.04 Å². The Kier molecular flexibility index (Phi) is 4.47. The number of rotatable bonds is 6. The van der Waals surface area contributed by atoms with E-state index in [1.807, 2.05) is 11.7 Å². The molecule has 1 aromatic rings. The molecule has 92 valence electrons. The van der Waals surface area contributed by atoms with Crippen LogP contribution in [0.4, 0.5) is 0 Å². The van der Waals surface area contributed by atoms with Gasteiger partial charge >= 0.3 is 0 Å². The van der Waals surface area contributed by atoms with Crippen LogP contribution in [0.2, 0.25) is 0 Å². The molecule has 0 radical (unpaired) electrons. The first-order valence-corrected chi connectivity index (χ1v) is 6.05. The summed E-state index contributed by atoms with van der Waals surface area (Å²) in [5.41, 5.74) is 0.258. The van der Waals surface area contributed by atoms with Gasteiger partial charge in [0.1, 0.15) is 12.2 Å². The van der Waals surface area contributed by atoms with Crippen LogP contribution >= 0.6 is 0 Å². The molecule has 4 nitrogen and oxygen atoms in total. The van der Waals surface area contributed by atoms with Gasteiger partial charge in [0, 0.05) is 19.0 Å². The van der Waals surface area contributed by atoms with Crippen LogP contribution in [-0.4, -0.2) is 28.4 Å². The summed E-state index contributed by atoms with van der Waals surface area (Å²) in [6, 6.07) is 0.383. The van der Waals surface area contributed by atoms with Crippen molar-refractivity contribution >= 4 is 0 Å². The second-order valence-corrected chi connectivity index (χ2v) is 5.09. The summed E-state index contributed by atoms with van der Waals surface area (Å²) in [6.07, 6.45) is 3.77. The van der Waals surface area contributed by atoms with E-state index in [-0.39, 0.29) is 5.41 Å². The van der Waals surface area contributed by atoms with Crippen molar-refractivity contribution in [1.29, 1.82) is 0 Å². The minimum Gasteiger partial charge on any atom is -0.319 e. The zero-order valence-corrected chi connectivity index (χ0v) is 11.1. The van der Waals surface area contributed by atoms with Crippen LogP contribution in [0.15, 0.2) is 6.33 Å². The summed E-state index contributed by atoms with van der Waals surface area (Å²) in [5.74, 6) is 1.09. The molecule has 1 heterocycles. The lowest BCUT2D eigenvalue weighted by Crippen LogP contribution is -2.32. The van der Waals surface area contributed by atoms with Gasteiger partial charge in [-0.1, -0.05) is 13.8 Å². The van der Waals surface area contributed by atoms with Gasteiger partial charge in [-0.2, -0.15) is 5.10 Å². The molecule has 1 aromatic heterocycles. The fourth-order valence-corrected chi connectivity index (χ4v) is 1.95. The van der Waals surface area contributed by atoms with E-state index in [0.717, 1.165) is 25.2 Å². The highest BCUT2D eigenvalue weighted by atomic mass is 15.3. The normalized spacial score (nSPS) is 15.4. The maximum absolute atomic E-state index is 4.38. The van der Waals surface area contributed by atoms with Gasteiger partial charge in [-0.05, 0) is 32.7 Å². The lowest BCUT2D eigenvalue weighted by molar-refractivity contribution is 0.284. The number of aromatic nitrogens is 3. The highest BCUT2D eigenvalue weighted by Gasteiger charge is 2.24. The van der Waals surface area contributed by atoms with E-state index in [1.165, 1.54) is 0 Å². The minimum absolute atomic E-state index is 0.258. The number of nitrogens with one attached hydrogen (secondary N) is 1. The van der Waals surface area contributed by atoms with Gasteiger partial charge in [-0.3, -0.25) is 0 Å². The maximum Gasteiger partial charge on any atom is 0.138 e. The number of hydrogen-bond acceptors (Lipinski definition) is 3. The van der Waals surface area contributed by atoms with Crippen LogP contribution in [0.3, 0.4) is 0 Å². The first kappa shape index (κ1) is 13.2. The number of hydrogen-bond donors (Lipinski definition) is 1. The monoisotopic (exact) mass is 224 g/mol. The average Bonchev–Trinajstić information content (AvgIpc) is 2.66. The molecule has 0 aliphatic rings. The fraction of sp³-hybridized carbons (Fsp3) is 0.833. The SMILES string of the molecule is CCC(C)(CNC)Cc1ncnn1C(C)C. The van der Waals surface area contributed by atoms with Crippen LogP contribution in [0.5, 0.6) is 0 Å². The molecular weight excluding hydrogens is 200 g/mol. The summed E-state index contributed by atoms with van der Waals surface area (Å²) in [6.45, 7) is 9.81. The zero-order valence-electron chi connectivity index (χ0n) is 11.1. The Morgan fingerprint density at radius 1 is 1.50 bits per heavy atom. The predicted octanol–water partition coefficient (Wildman–Crippen LogP) is 2.04. The van der Waals surface area contributed by atoms with Crippen molar-refractivity contribution in [2.45, 2.75) is 46.6 Å². The molecule has 0 amide bonds. The zero-order chi connectivity index (χ0) is 12.2. The van der Waals surface area contributed by atoms with Gasteiger partial charge in [0.15, 0.2) is 0 Å². The van der Waals surface area contributed by atoms with Gasteiger partial charge in [-0.15, -0.1) is 0 Å². The van der Waals surface area contributed by atoms with Gasteiger partial charge in [0.2, 0.25) is 0 Å². The summed E-state index contributed by atoms with van der Waals surface area (Å²) >= 11 is 0. The Balaban J connectivity index is 2.81. The molecule has 4 heteroatoms. The molecule has 0 fully saturated rings. The van der Waals surface area contributed by atoms with Crippen LogP contribution in [-0.2, 0) is 6.42 Å². The molecule has 0 saturated carbocycles. The first-order valence-electron chi connectivity index (χ1n) is 6.05. The summed E-state index contributed by atoms with van der Waals surface area (Å²) in [4.78, 5) is 4.38. The van der Waals surface area contributed by atoms with E-state index in [4.69, 9.17) is 0 Å². The third kappa shape index (κ3) is 3.04. The Morgan fingerprint density at radius 3 is 2.69 bits per heavy atom. The summed E-state index contributed by atoms with van der Waals surface area (Å²) in [5, 5.41) is 7.54. The average molecular weight is 224 g/mol. The quantitative estimate of drug-likeness (QED) is 0.804. The van der Waals surface area contributed by atoms with Crippen molar-refractivity contribution in [1.82, 2.24) is 20.1 Å². The van der Waals surface area contributed by atoms with Crippen molar-refractivity contribution in [2.24, 2.45) is 5.41 Å². The van der Waals surface area contributed by atoms with Crippen LogP contribution in [0.1, 0.15) is 46.0 Å². The molecular formula is C12H24N4. The van der Waals surface area contributed by atoms with E-state index >= 15 is 0 Å². The van der Waals surface area contributed by atoms with E-state index in [2.05, 4.69) is 43.1 Å². The van der Waals surface area contributed by atoms with Crippen molar-refractivity contribution < 1.29 is 0 Å². The van der Waals surface area contributed by atoms with Crippen molar-refractivity contribution in [3.05, 3.63) is 12.2 Å². The fourth-order valence-electron chi connectivity index (χ4n) is 1.95. The second-order valence-electron chi connectivity index (χ2n) is 5.09. The van der Waals surface area contributed by atoms with Crippen molar-refractivity contribution in [2.75, 3.05) is 13.6 Å².